The molecule has 1 heterocycles. The van der Waals surface area contributed by atoms with Crippen LogP contribution >= 0.6 is 0 Å². The van der Waals surface area contributed by atoms with Crippen LogP contribution in [0.5, 0.6) is 0 Å². The van der Waals surface area contributed by atoms with Crippen LogP contribution in [0.4, 0.5) is 0 Å². The van der Waals surface area contributed by atoms with E-state index < -0.39 is 12.1 Å². The van der Waals surface area contributed by atoms with E-state index in [9.17, 15) is 5.11 Å². The summed E-state index contributed by atoms with van der Waals surface area (Å²) in [5.74, 6) is 1.52. The molecule has 1 aliphatic rings. The molecule has 0 aliphatic heterocycles. The third-order valence-electron chi connectivity index (χ3n) is 2.20. The highest BCUT2D eigenvalue weighted by molar-refractivity contribution is 5.05. The maximum absolute atomic E-state index is 9.19. The first-order valence-electron chi connectivity index (χ1n) is 4.45. The summed E-state index contributed by atoms with van der Waals surface area (Å²) in [5.41, 5.74) is 5.63. The molecule has 1 aromatic rings. The average Bonchev–Trinajstić information content (AvgIpc) is 2.83. The summed E-state index contributed by atoms with van der Waals surface area (Å²) in [4.78, 5) is 4.13. The van der Waals surface area contributed by atoms with Gasteiger partial charge in [0.1, 0.15) is 6.04 Å². The summed E-state index contributed by atoms with van der Waals surface area (Å²) >= 11 is 0. The van der Waals surface area contributed by atoms with Crippen molar-refractivity contribution in [2.75, 3.05) is 0 Å². The second-order valence-electron chi connectivity index (χ2n) is 3.53. The molecule has 3 N–H and O–H groups in total. The molecule has 0 bridgehead atoms. The SMILES string of the molecule is CC(O)C(N)c1nc(C2CC2)no1. The Bertz CT molecular complexity index is 293. The summed E-state index contributed by atoms with van der Waals surface area (Å²) in [7, 11) is 0. The van der Waals surface area contributed by atoms with Crippen molar-refractivity contribution in [3.05, 3.63) is 11.7 Å². The van der Waals surface area contributed by atoms with Crippen LogP contribution in [0.2, 0.25) is 0 Å². The van der Waals surface area contributed by atoms with Crippen molar-refractivity contribution in [1.29, 1.82) is 0 Å². The van der Waals surface area contributed by atoms with Crippen LogP contribution in [-0.2, 0) is 0 Å². The molecule has 0 saturated heterocycles. The molecule has 5 heteroatoms. The second kappa shape index (κ2) is 3.08. The molecule has 0 amide bonds. The summed E-state index contributed by atoms with van der Waals surface area (Å²) in [5, 5.41) is 13.0. The lowest BCUT2D eigenvalue weighted by Crippen LogP contribution is -2.23. The molecule has 1 aliphatic carbocycles. The quantitative estimate of drug-likeness (QED) is 0.705. The standard InChI is InChI=1S/C8H13N3O2/c1-4(12)6(9)8-10-7(11-13-8)5-2-3-5/h4-6,12H,2-3,9H2,1H3. The van der Waals surface area contributed by atoms with Gasteiger partial charge in [0, 0.05) is 5.92 Å². The van der Waals surface area contributed by atoms with Gasteiger partial charge in [-0.1, -0.05) is 5.16 Å². The summed E-state index contributed by atoms with van der Waals surface area (Å²) in [6.07, 6.45) is 1.60. The first kappa shape index (κ1) is 8.65. The summed E-state index contributed by atoms with van der Waals surface area (Å²) in [6, 6.07) is -0.569. The molecule has 13 heavy (non-hydrogen) atoms. The van der Waals surface area contributed by atoms with Gasteiger partial charge in [-0.25, -0.2) is 0 Å². The van der Waals surface area contributed by atoms with Gasteiger partial charge in [-0.3, -0.25) is 0 Å². The van der Waals surface area contributed by atoms with Gasteiger partial charge in [-0.05, 0) is 19.8 Å². The zero-order chi connectivity index (χ0) is 9.42. The Kier molecular flexibility index (Phi) is 2.05. The molecule has 2 atom stereocenters. The predicted octanol–water partition coefficient (Wildman–Crippen LogP) is 0.328. The number of aromatic nitrogens is 2. The largest absolute Gasteiger partial charge is 0.391 e. The number of aliphatic hydroxyl groups is 1. The fourth-order valence-electron chi connectivity index (χ4n) is 1.10. The molecule has 0 spiro atoms. The predicted molar refractivity (Wildman–Crippen MR) is 44.9 cm³/mol. The molecule has 0 radical (unpaired) electrons. The number of aliphatic hydroxyl groups excluding tert-OH is 1. The smallest absolute Gasteiger partial charge is 0.246 e. The molecule has 5 nitrogen and oxygen atoms in total. The highest BCUT2D eigenvalue weighted by Crippen LogP contribution is 2.38. The second-order valence-corrected chi connectivity index (χ2v) is 3.53. The Hall–Kier alpha value is -0.940. The van der Waals surface area contributed by atoms with Crippen LogP contribution in [0.15, 0.2) is 4.52 Å². The Morgan fingerprint density at radius 1 is 1.62 bits per heavy atom. The maximum atomic E-state index is 9.19. The third-order valence-corrected chi connectivity index (χ3v) is 2.20. The van der Waals surface area contributed by atoms with Crippen molar-refractivity contribution >= 4 is 0 Å². The van der Waals surface area contributed by atoms with Crippen LogP contribution < -0.4 is 5.73 Å². The van der Waals surface area contributed by atoms with Crippen molar-refractivity contribution in [1.82, 2.24) is 10.1 Å². The number of nitrogens with zero attached hydrogens (tertiary/aromatic N) is 2. The van der Waals surface area contributed by atoms with Crippen LogP contribution in [0.25, 0.3) is 0 Å². The molecule has 1 aromatic heterocycles. The molecule has 2 unspecified atom stereocenters. The van der Waals surface area contributed by atoms with Gasteiger partial charge in [0.2, 0.25) is 5.89 Å². The van der Waals surface area contributed by atoms with Crippen molar-refractivity contribution < 1.29 is 9.63 Å². The Balaban J connectivity index is 2.11. The maximum Gasteiger partial charge on any atom is 0.246 e. The zero-order valence-corrected chi connectivity index (χ0v) is 7.47. The molecule has 72 valence electrons. The number of hydrogen-bond donors (Lipinski definition) is 2. The van der Waals surface area contributed by atoms with E-state index in [1.165, 1.54) is 0 Å². The Labute approximate surface area is 75.9 Å². The minimum atomic E-state index is -0.660. The number of rotatable bonds is 3. The lowest BCUT2D eigenvalue weighted by Gasteiger charge is -2.08. The number of nitrogens with two attached hydrogens (primary N) is 1. The van der Waals surface area contributed by atoms with Gasteiger partial charge in [0.25, 0.3) is 0 Å². The first-order valence-corrected chi connectivity index (χ1v) is 4.45. The van der Waals surface area contributed by atoms with Crippen LogP contribution in [0.1, 0.15) is 43.4 Å². The highest BCUT2D eigenvalue weighted by Gasteiger charge is 2.30. The normalized spacial score (nSPS) is 21.5. The van der Waals surface area contributed by atoms with E-state index in [2.05, 4.69) is 10.1 Å². The van der Waals surface area contributed by atoms with E-state index >= 15 is 0 Å². The zero-order valence-electron chi connectivity index (χ0n) is 7.47. The molecule has 1 fully saturated rings. The lowest BCUT2D eigenvalue weighted by molar-refractivity contribution is 0.146. The minimum absolute atomic E-state index is 0.330. The van der Waals surface area contributed by atoms with Crippen molar-refractivity contribution in [3.8, 4) is 0 Å². The lowest BCUT2D eigenvalue weighted by atomic mass is 10.2. The first-order chi connectivity index (χ1) is 6.18. The summed E-state index contributed by atoms with van der Waals surface area (Å²) in [6.45, 7) is 1.60. The Morgan fingerprint density at radius 2 is 2.31 bits per heavy atom. The average molecular weight is 183 g/mol. The monoisotopic (exact) mass is 183 g/mol. The van der Waals surface area contributed by atoms with Gasteiger partial charge in [0.15, 0.2) is 5.82 Å². The van der Waals surface area contributed by atoms with Crippen molar-refractivity contribution in [2.24, 2.45) is 5.73 Å². The molecule has 0 aromatic carbocycles. The minimum Gasteiger partial charge on any atom is -0.391 e. The molecular weight excluding hydrogens is 170 g/mol. The van der Waals surface area contributed by atoms with Crippen LogP contribution in [-0.4, -0.2) is 21.4 Å². The van der Waals surface area contributed by atoms with Gasteiger partial charge < -0.3 is 15.4 Å². The van der Waals surface area contributed by atoms with Crippen molar-refractivity contribution in [3.63, 3.8) is 0 Å². The fraction of sp³-hybridized carbons (Fsp3) is 0.750. The van der Waals surface area contributed by atoms with E-state index in [1.54, 1.807) is 6.92 Å². The molecule has 1 saturated carbocycles. The van der Waals surface area contributed by atoms with E-state index in [1.807, 2.05) is 0 Å². The highest BCUT2D eigenvalue weighted by atomic mass is 16.5. The van der Waals surface area contributed by atoms with E-state index in [4.69, 9.17) is 10.3 Å². The molecule has 2 rings (SSSR count). The van der Waals surface area contributed by atoms with Gasteiger partial charge in [-0.2, -0.15) is 4.98 Å². The molecular formula is C8H13N3O2. The fourth-order valence-corrected chi connectivity index (χ4v) is 1.10. The topological polar surface area (TPSA) is 85.2 Å². The van der Waals surface area contributed by atoms with Crippen molar-refractivity contribution in [2.45, 2.75) is 37.8 Å². The van der Waals surface area contributed by atoms with Gasteiger partial charge >= 0.3 is 0 Å². The number of hydrogen-bond acceptors (Lipinski definition) is 5. The van der Waals surface area contributed by atoms with Crippen LogP contribution in [0.3, 0.4) is 0 Å². The van der Waals surface area contributed by atoms with Crippen LogP contribution in [0, 0.1) is 0 Å². The van der Waals surface area contributed by atoms with E-state index in [0.717, 1.165) is 18.7 Å². The third kappa shape index (κ3) is 1.71. The van der Waals surface area contributed by atoms with Gasteiger partial charge in [0.05, 0.1) is 6.10 Å². The van der Waals surface area contributed by atoms with Gasteiger partial charge in [-0.15, -0.1) is 0 Å². The summed E-state index contributed by atoms with van der Waals surface area (Å²) < 4.78 is 4.94. The van der Waals surface area contributed by atoms with E-state index in [0.29, 0.717) is 11.8 Å². The Morgan fingerprint density at radius 3 is 2.85 bits per heavy atom. The van der Waals surface area contributed by atoms with E-state index in [-0.39, 0.29) is 0 Å².